The van der Waals surface area contributed by atoms with Crippen LogP contribution in [0.3, 0.4) is 0 Å². The fourth-order valence-electron chi connectivity index (χ4n) is 2.51. The van der Waals surface area contributed by atoms with Gasteiger partial charge in [0.05, 0.1) is 17.8 Å². The number of nitrogens with one attached hydrogen (secondary N) is 1. The number of H-pyrrole nitrogens is 1. The predicted molar refractivity (Wildman–Crippen MR) is 91.3 cm³/mol. The average Bonchev–Trinajstić information content (AvgIpc) is 2.89. The molecule has 1 aromatic carbocycles. The minimum Gasteiger partial charge on any atom is -0.295 e. The van der Waals surface area contributed by atoms with Crippen LogP contribution < -0.4 is 5.56 Å². The van der Waals surface area contributed by atoms with Gasteiger partial charge in [0, 0.05) is 23.8 Å². The molecular formula is C18H18N4O. The number of pyridine rings is 1. The fraction of sp³-hybridized carbons (Fsp3) is 0.167. The third-order valence-electron chi connectivity index (χ3n) is 3.67. The maximum Gasteiger partial charge on any atom is 0.280 e. The molecule has 0 atom stereocenters. The molecule has 0 saturated carbocycles. The lowest BCUT2D eigenvalue weighted by Crippen LogP contribution is -2.19. The van der Waals surface area contributed by atoms with Gasteiger partial charge in [-0.1, -0.05) is 24.3 Å². The van der Waals surface area contributed by atoms with E-state index < -0.39 is 0 Å². The maximum absolute atomic E-state index is 12.7. The average molecular weight is 306 g/mol. The van der Waals surface area contributed by atoms with Crippen molar-refractivity contribution in [3.63, 3.8) is 0 Å². The van der Waals surface area contributed by atoms with Gasteiger partial charge in [0.1, 0.15) is 0 Å². The van der Waals surface area contributed by atoms with E-state index in [1.807, 2.05) is 56.3 Å². The monoisotopic (exact) mass is 306 g/mol. The van der Waals surface area contributed by atoms with Crippen molar-refractivity contribution in [3.8, 4) is 5.69 Å². The van der Waals surface area contributed by atoms with E-state index in [1.54, 1.807) is 17.1 Å². The van der Waals surface area contributed by atoms with Crippen LogP contribution >= 0.6 is 0 Å². The second-order valence-electron chi connectivity index (χ2n) is 5.35. The predicted octanol–water partition coefficient (Wildman–Crippen LogP) is 2.88. The van der Waals surface area contributed by atoms with Crippen LogP contribution in [-0.2, 0) is 6.54 Å². The molecule has 0 unspecified atom stereocenters. The standard InChI is InChI=1S/C18H18N4O/c1-13(20-12-15-7-6-10-19-11-15)17-14(2)21-22(18(17)23)16-8-4-3-5-9-16/h3-11,21H,12H2,1-2H3. The second-order valence-corrected chi connectivity index (χ2v) is 5.35. The van der Waals surface area contributed by atoms with E-state index in [1.165, 1.54) is 0 Å². The summed E-state index contributed by atoms with van der Waals surface area (Å²) in [7, 11) is 0. The quantitative estimate of drug-likeness (QED) is 0.753. The van der Waals surface area contributed by atoms with E-state index in [9.17, 15) is 4.79 Å². The molecule has 0 aliphatic carbocycles. The Morgan fingerprint density at radius 3 is 2.70 bits per heavy atom. The molecule has 0 aliphatic heterocycles. The Balaban J connectivity index is 1.94. The molecule has 116 valence electrons. The molecule has 0 spiro atoms. The molecule has 0 radical (unpaired) electrons. The minimum atomic E-state index is -0.0823. The van der Waals surface area contributed by atoms with Gasteiger partial charge < -0.3 is 0 Å². The largest absolute Gasteiger partial charge is 0.295 e. The zero-order chi connectivity index (χ0) is 16.2. The van der Waals surface area contributed by atoms with Gasteiger partial charge in [0.15, 0.2) is 0 Å². The van der Waals surface area contributed by atoms with Crippen molar-refractivity contribution in [2.45, 2.75) is 20.4 Å². The molecule has 23 heavy (non-hydrogen) atoms. The third-order valence-corrected chi connectivity index (χ3v) is 3.67. The van der Waals surface area contributed by atoms with Gasteiger partial charge >= 0.3 is 0 Å². The van der Waals surface area contributed by atoms with Crippen LogP contribution in [0.25, 0.3) is 5.69 Å². The van der Waals surface area contributed by atoms with Crippen LogP contribution in [-0.4, -0.2) is 20.5 Å². The summed E-state index contributed by atoms with van der Waals surface area (Å²) in [4.78, 5) is 21.3. The lowest BCUT2D eigenvalue weighted by atomic mass is 10.1. The number of aromatic nitrogens is 3. The molecule has 0 fully saturated rings. The fourth-order valence-corrected chi connectivity index (χ4v) is 2.51. The summed E-state index contributed by atoms with van der Waals surface area (Å²) >= 11 is 0. The van der Waals surface area contributed by atoms with Crippen LogP contribution in [0, 0.1) is 6.92 Å². The maximum atomic E-state index is 12.7. The first-order chi connectivity index (χ1) is 11.2. The van der Waals surface area contributed by atoms with Crippen LogP contribution in [0.4, 0.5) is 0 Å². The van der Waals surface area contributed by atoms with E-state index in [0.29, 0.717) is 12.1 Å². The summed E-state index contributed by atoms with van der Waals surface area (Å²) in [5, 5.41) is 3.12. The van der Waals surface area contributed by atoms with Crippen molar-refractivity contribution < 1.29 is 0 Å². The molecular weight excluding hydrogens is 288 g/mol. The summed E-state index contributed by atoms with van der Waals surface area (Å²) < 4.78 is 1.55. The third kappa shape index (κ3) is 3.13. The number of aryl methyl sites for hydroxylation is 1. The summed E-state index contributed by atoms with van der Waals surface area (Å²) in [6.07, 6.45) is 3.51. The van der Waals surface area contributed by atoms with E-state index in [0.717, 1.165) is 22.7 Å². The van der Waals surface area contributed by atoms with Gasteiger partial charge in [0.2, 0.25) is 0 Å². The Kier molecular flexibility index (Phi) is 4.19. The van der Waals surface area contributed by atoms with Crippen molar-refractivity contribution in [3.05, 3.63) is 82.0 Å². The minimum absolute atomic E-state index is 0.0823. The van der Waals surface area contributed by atoms with Crippen LogP contribution in [0.1, 0.15) is 23.7 Å². The molecule has 0 amide bonds. The number of hydrogen-bond donors (Lipinski definition) is 1. The summed E-state index contributed by atoms with van der Waals surface area (Å²) in [6, 6.07) is 13.4. The Morgan fingerprint density at radius 1 is 1.22 bits per heavy atom. The van der Waals surface area contributed by atoms with Gasteiger partial charge in [-0.05, 0) is 37.6 Å². The van der Waals surface area contributed by atoms with Crippen molar-refractivity contribution in [1.82, 2.24) is 14.8 Å². The lowest BCUT2D eigenvalue weighted by Gasteiger charge is -2.00. The first-order valence-corrected chi connectivity index (χ1v) is 7.44. The topological polar surface area (TPSA) is 63.0 Å². The molecule has 5 nitrogen and oxygen atoms in total. The highest BCUT2D eigenvalue weighted by atomic mass is 16.1. The SMILES string of the molecule is CC(=NCc1cccnc1)c1c(C)[nH]n(-c2ccccc2)c1=O. The van der Waals surface area contributed by atoms with Gasteiger partial charge in [-0.25, -0.2) is 4.68 Å². The van der Waals surface area contributed by atoms with Gasteiger partial charge in [-0.15, -0.1) is 0 Å². The van der Waals surface area contributed by atoms with E-state index in [4.69, 9.17) is 0 Å². The Morgan fingerprint density at radius 2 is 2.00 bits per heavy atom. The first-order valence-electron chi connectivity index (χ1n) is 7.44. The van der Waals surface area contributed by atoms with Crippen LogP contribution in [0.15, 0.2) is 64.6 Å². The van der Waals surface area contributed by atoms with Crippen molar-refractivity contribution in [1.29, 1.82) is 0 Å². The molecule has 0 saturated heterocycles. The molecule has 3 aromatic rings. The summed E-state index contributed by atoms with van der Waals surface area (Å²) in [5.41, 5.74) is 3.91. The van der Waals surface area contributed by atoms with E-state index >= 15 is 0 Å². The number of para-hydroxylation sites is 1. The Bertz CT molecular complexity index is 876. The van der Waals surface area contributed by atoms with Crippen molar-refractivity contribution in [2.75, 3.05) is 0 Å². The summed E-state index contributed by atoms with van der Waals surface area (Å²) in [6.45, 7) is 4.26. The molecule has 2 aromatic heterocycles. The highest BCUT2D eigenvalue weighted by Gasteiger charge is 2.14. The van der Waals surface area contributed by atoms with Crippen LogP contribution in [0.5, 0.6) is 0 Å². The normalized spacial score (nSPS) is 11.7. The molecule has 0 bridgehead atoms. The summed E-state index contributed by atoms with van der Waals surface area (Å²) in [5.74, 6) is 0. The van der Waals surface area contributed by atoms with Gasteiger partial charge in [0.25, 0.3) is 5.56 Å². The number of aliphatic imine (C=N–C) groups is 1. The van der Waals surface area contributed by atoms with Crippen molar-refractivity contribution >= 4 is 5.71 Å². The lowest BCUT2D eigenvalue weighted by molar-refractivity contribution is 0.835. The van der Waals surface area contributed by atoms with E-state index in [2.05, 4.69) is 15.1 Å². The Hall–Kier alpha value is -2.95. The second kappa shape index (κ2) is 6.44. The first kappa shape index (κ1) is 15.0. The molecule has 3 rings (SSSR count). The highest BCUT2D eigenvalue weighted by Crippen LogP contribution is 2.09. The van der Waals surface area contributed by atoms with E-state index in [-0.39, 0.29) is 5.56 Å². The zero-order valence-corrected chi connectivity index (χ0v) is 13.2. The number of benzene rings is 1. The Labute approximate surface area is 134 Å². The van der Waals surface area contributed by atoms with Crippen molar-refractivity contribution in [2.24, 2.45) is 4.99 Å². The molecule has 2 heterocycles. The number of hydrogen-bond acceptors (Lipinski definition) is 3. The smallest absolute Gasteiger partial charge is 0.280 e. The molecule has 0 aliphatic rings. The number of rotatable bonds is 4. The van der Waals surface area contributed by atoms with Crippen LogP contribution in [0.2, 0.25) is 0 Å². The highest BCUT2D eigenvalue weighted by molar-refractivity contribution is 5.99. The number of nitrogens with zero attached hydrogens (tertiary/aromatic N) is 3. The zero-order valence-electron chi connectivity index (χ0n) is 13.2. The molecule has 1 N–H and O–H groups in total. The number of aromatic amines is 1. The molecule has 5 heteroatoms. The van der Waals surface area contributed by atoms with Gasteiger partial charge in [-0.3, -0.25) is 19.9 Å². The van der Waals surface area contributed by atoms with Gasteiger partial charge in [-0.2, -0.15) is 0 Å².